The maximum Gasteiger partial charge on any atom is 0.251 e. The summed E-state index contributed by atoms with van der Waals surface area (Å²) in [4.78, 5) is 15.1. The lowest BCUT2D eigenvalue weighted by Crippen LogP contribution is -2.34. The summed E-state index contributed by atoms with van der Waals surface area (Å²) in [6.07, 6.45) is 6.01. The maximum atomic E-state index is 12.6. The van der Waals surface area contributed by atoms with Crippen LogP contribution in [0.4, 0.5) is 0 Å². The van der Waals surface area contributed by atoms with Crippen molar-refractivity contribution in [2.24, 2.45) is 0 Å². The summed E-state index contributed by atoms with van der Waals surface area (Å²) in [5.74, 6) is 2.25. The highest BCUT2D eigenvalue weighted by molar-refractivity contribution is 6.34. The predicted molar refractivity (Wildman–Crippen MR) is 160 cm³/mol. The number of halogens is 2. The number of piperidine rings is 1. The Balaban J connectivity index is 1.12. The van der Waals surface area contributed by atoms with Gasteiger partial charge in [0.15, 0.2) is 0 Å². The van der Waals surface area contributed by atoms with E-state index in [1.165, 1.54) is 11.1 Å². The highest BCUT2D eigenvalue weighted by Crippen LogP contribution is 2.36. The first-order valence-corrected chi connectivity index (χ1v) is 14.5. The van der Waals surface area contributed by atoms with Crippen LogP contribution in [0.5, 0.6) is 11.5 Å². The molecule has 4 rings (SSSR count). The molecule has 0 saturated carbocycles. The molecule has 5 nitrogen and oxygen atoms in total. The summed E-state index contributed by atoms with van der Waals surface area (Å²) in [5, 5.41) is 4.37. The average Bonchev–Trinajstić information content (AvgIpc) is 2.95. The third kappa shape index (κ3) is 8.63. The molecule has 1 aliphatic rings. The molecule has 1 fully saturated rings. The van der Waals surface area contributed by atoms with E-state index < -0.39 is 0 Å². The van der Waals surface area contributed by atoms with Crippen LogP contribution < -0.4 is 14.8 Å². The number of rotatable bonds is 12. The van der Waals surface area contributed by atoms with Crippen molar-refractivity contribution in [3.05, 3.63) is 93.0 Å². The van der Waals surface area contributed by atoms with Crippen LogP contribution in [-0.2, 0) is 12.8 Å². The van der Waals surface area contributed by atoms with Gasteiger partial charge in [-0.25, -0.2) is 0 Å². The number of nitrogens with one attached hydrogen (secondary N) is 1. The zero-order valence-electron chi connectivity index (χ0n) is 22.8. The minimum Gasteiger partial charge on any atom is -0.497 e. The Morgan fingerprint density at radius 2 is 1.56 bits per heavy atom. The molecule has 208 valence electrons. The number of carbonyl (C=O) groups excluding carboxylic acids is 1. The van der Waals surface area contributed by atoms with E-state index in [9.17, 15) is 4.79 Å². The van der Waals surface area contributed by atoms with Gasteiger partial charge in [-0.15, -0.1) is 0 Å². The number of aryl methyl sites for hydroxylation is 2. The Morgan fingerprint density at radius 1 is 0.872 bits per heavy atom. The molecule has 0 unspecified atom stereocenters. The SMILES string of the molecule is COc1ccc(C2CCN(CCCCNC(=O)c3ccc(CCc4cc(Cl)cc(Cl)c4)cc3)CC2)c(OC)c1. The van der Waals surface area contributed by atoms with Crippen LogP contribution in [0.15, 0.2) is 60.7 Å². The van der Waals surface area contributed by atoms with Crippen LogP contribution >= 0.6 is 23.2 Å². The van der Waals surface area contributed by atoms with Gasteiger partial charge >= 0.3 is 0 Å². The average molecular weight is 570 g/mol. The van der Waals surface area contributed by atoms with Crippen LogP contribution in [0.1, 0.15) is 58.6 Å². The van der Waals surface area contributed by atoms with Crippen molar-refractivity contribution in [2.45, 2.75) is 44.4 Å². The fourth-order valence-electron chi connectivity index (χ4n) is 5.25. The number of hydrogen-bond acceptors (Lipinski definition) is 4. The summed E-state index contributed by atoms with van der Waals surface area (Å²) < 4.78 is 10.9. The van der Waals surface area contributed by atoms with Crippen LogP contribution in [0, 0.1) is 0 Å². The van der Waals surface area contributed by atoms with E-state index in [1.54, 1.807) is 20.3 Å². The van der Waals surface area contributed by atoms with E-state index in [0.29, 0.717) is 28.1 Å². The van der Waals surface area contributed by atoms with E-state index in [1.807, 2.05) is 48.5 Å². The van der Waals surface area contributed by atoms with E-state index in [4.69, 9.17) is 32.7 Å². The van der Waals surface area contributed by atoms with Gasteiger partial charge < -0.3 is 19.7 Å². The Labute approximate surface area is 242 Å². The Bertz CT molecular complexity index is 1200. The number of unbranched alkanes of at least 4 members (excludes halogenated alkanes) is 1. The number of methoxy groups -OCH3 is 2. The minimum atomic E-state index is -0.0163. The second kappa shape index (κ2) is 14.6. The van der Waals surface area contributed by atoms with Crippen molar-refractivity contribution in [3.63, 3.8) is 0 Å². The first-order chi connectivity index (χ1) is 18.9. The Hall–Kier alpha value is -2.73. The van der Waals surface area contributed by atoms with Gasteiger partial charge in [0.25, 0.3) is 5.91 Å². The highest BCUT2D eigenvalue weighted by atomic mass is 35.5. The summed E-state index contributed by atoms with van der Waals surface area (Å²) in [5.41, 5.74) is 4.26. The molecule has 0 atom stereocenters. The van der Waals surface area contributed by atoms with Crippen LogP contribution in [0.2, 0.25) is 10.0 Å². The maximum absolute atomic E-state index is 12.6. The summed E-state index contributed by atoms with van der Waals surface area (Å²) >= 11 is 12.2. The molecule has 1 heterocycles. The molecule has 1 saturated heterocycles. The molecule has 0 aromatic heterocycles. The van der Waals surface area contributed by atoms with Gasteiger partial charge in [0.1, 0.15) is 11.5 Å². The van der Waals surface area contributed by atoms with E-state index in [0.717, 1.165) is 75.2 Å². The van der Waals surface area contributed by atoms with E-state index in [-0.39, 0.29) is 5.91 Å². The monoisotopic (exact) mass is 568 g/mol. The van der Waals surface area contributed by atoms with Gasteiger partial charge in [-0.3, -0.25) is 4.79 Å². The predicted octanol–water partition coefficient (Wildman–Crippen LogP) is 7.19. The molecule has 0 spiro atoms. The molecule has 3 aromatic carbocycles. The summed E-state index contributed by atoms with van der Waals surface area (Å²) in [6.45, 7) is 3.93. The van der Waals surface area contributed by atoms with Crippen molar-refractivity contribution in [1.82, 2.24) is 10.2 Å². The zero-order chi connectivity index (χ0) is 27.6. The molecule has 7 heteroatoms. The number of ether oxygens (including phenoxy) is 2. The smallest absolute Gasteiger partial charge is 0.251 e. The van der Waals surface area contributed by atoms with Crippen LogP contribution in [-0.4, -0.2) is 51.2 Å². The second-order valence-corrected chi connectivity index (χ2v) is 11.0. The third-order valence-corrected chi connectivity index (χ3v) is 7.93. The molecule has 0 bridgehead atoms. The Kier molecular flexibility index (Phi) is 11.0. The van der Waals surface area contributed by atoms with Crippen molar-refractivity contribution in [2.75, 3.05) is 40.4 Å². The molecular weight excluding hydrogens is 531 g/mol. The topological polar surface area (TPSA) is 50.8 Å². The quantitative estimate of drug-likeness (QED) is 0.235. The van der Waals surface area contributed by atoms with E-state index in [2.05, 4.69) is 16.3 Å². The van der Waals surface area contributed by atoms with Crippen LogP contribution in [0.3, 0.4) is 0 Å². The van der Waals surface area contributed by atoms with Crippen LogP contribution in [0.25, 0.3) is 0 Å². The van der Waals surface area contributed by atoms with Gasteiger partial charge in [0, 0.05) is 28.2 Å². The molecule has 0 aliphatic carbocycles. The van der Waals surface area contributed by atoms with Gasteiger partial charge in [0.2, 0.25) is 0 Å². The second-order valence-electron chi connectivity index (χ2n) is 10.2. The fraction of sp³-hybridized carbons (Fsp3) is 0.406. The lowest BCUT2D eigenvalue weighted by molar-refractivity contribution is 0.0952. The summed E-state index contributed by atoms with van der Waals surface area (Å²) in [6, 6.07) is 19.6. The van der Waals surface area contributed by atoms with Gasteiger partial charge in [-0.1, -0.05) is 41.4 Å². The molecule has 1 amide bonds. The molecule has 3 aromatic rings. The number of amides is 1. The third-order valence-electron chi connectivity index (χ3n) is 7.50. The van der Waals surface area contributed by atoms with Crippen molar-refractivity contribution in [3.8, 4) is 11.5 Å². The normalized spacial score (nSPS) is 14.3. The fourth-order valence-corrected chi connectivity index (χ4v) is 5.83. The molecule has 1 aliphatic heterocycles. The summed E-state index contributed by atoms with van der Waals surface area (Å²) in [7, 11) is 3.40. The molecule has 0 radical (unpaired) electrons. The van der Waals surface area contributed by atoms with E-state index >= 15 is 0 Å². The largest absolute Gasteiger partial charge is 0.497 e. The standard InChI is InChI=1S/C32H38Cl2N2O3/c1-38-29-11-12-30(31(22-29)39-2)25-13-17-36(18-14-25)16-4-3-15-35-32(37)26-9-7-23(8-10-26)5-6-24-19-27(33)21-28(34)20-24/h7-12,19-22,25H,3-6,13-18H2,1-2H3,(H,35,37). The highest BCUT2D eigenvalue weighted by Gasteiger charge is 2.23. The lowest BCUT2D eigenvalue weighted by Gasteiger charge is -2.32. The van der Waals surface area contributed by atoms with Gasteiger partial charge in [-0.2, -0.15) is 0 Å². The molecule has 39 heavy (non-hydrogen) atoms. The number of likely N-dealkylation sites (tertiary alicyclic amines) is 1. The number of nitrogens with zero attached hydrogens (tertiary/aromatic N) is 1. The lowest BCUT2D eigenvalue weighted by atomic mass is 9.88. The first-order valence-electron chi connectivity index (χ1n) is 13.7. The van der Waals surface area contributed by atoms with Crippen molar-refractivity contribution < 1.29 is 14.3 Å². The number of hydrogen-bond donors (Lipinski definition) is 1. The van der Waals surface area contributed by atoms with Gasteiger partial charge in [-0.05, 0) is 117 Å². The zero-order valence-corrected chi connectivity index (χ0v) is 24.4. The van der Waals surface area contributed by atoms with Crippen molar-refractivity contribution >= 4 is 29.1 Å². The first kappa shape index (κ1) is 29.3. The van der Waals surface area contributed by atoms with Gasteiger partial charge in [0.05, 0.1) is 14.2 Å². The number of carbonyl (C=O) groups is 1. The molecule has 1 N–H and O–H groups in total. The molecular formula is C32H38Cl2N2O3. The minimum absolute atomic E-state index is 0.0163. The Morgan fingerprint density at radius 3 is 2.23 bits per heavy atom. The number of benzene rings is 3. The van der Waals surface area contributed by atoms with Crippen molar-refractivity contribution in [1.29, 1.82) is 0 Å².